The Bertz CT molecular complexity index is 873. The van der Waals surface area contributed by atoms with E-state index in [4.69, 9.17) is 16.3 Å². The number of nitrogens with zero attached hydrogens (tertiary/aromatic N) is 5. The number of aryl methyl sites for hydroxylation is 1. The Morgan fingerprint density at radius 1 is 1.20 bits per heavy atom. The van der Waals surface area contributed by atoms with E-state index < -0.39 is 0 Å². The van der Waals surface area contributed by atoms with Gasteiger partial charge in [0, 0.05) is 26.5 Å². The molecule has 1 amide bonds. The second kappa shape index (κ2) is 7.40. The van der Waals surface area contributed by atoms with Gasteiger partial charge in [-0.25, -0.2) is 4.68 Å². The van der Waals surface area contributed by atoms with Crippen molar-refractivity contribution in [3.8, 4) is 5.75 Å². The van der Waals surface area contributed by atoms with Gasteiger partial charge < -0.3 is 9.64 Å². The lowest BCUT2D eigenvalue weighted by Gasteiger charge is -2.18. The van der Waals surface area contributed by atoms with E-state index in [0.717, 1.165) is 5.69 Å². The monoisotopic (exact) mass is 359 g/mol. The number of benzene rings is 1. The minimum Gasteiger partial charge on any atom is -0.470 e. The van der Waals surface area contributed by atoms with E-state index >= 15 is 0 Å². The van der Waals surface area contributed by atoms with Crippen molar-refractivity contribution in [2.45, 2.75) is 13.3 Å². The van der Waals surface area contributed by atoms with Crippen LogP contribution in [0.3, 0.4) is 0 Å². The molecule has 0 unspecified atom stereocenters. The van der Waals surface area contributed by atoms with Gasteiger partial charge in [0.1, 0.15) is 11.4 Å². The minimum absolute atomic E-state index is 0.0946. The zero-order chi connectivity index (χ0) is 17.8. The first-order chi connectivity index (χ1) is 12.1. The standard InChI is InChI=1S/C17H18ClN5O2/c1-21(11-13-7-9-19-22(13)2)17(24)15-8-10-20-23(15)12-25-16-6-4-3-5-14(16)18/h3-10H,11-12H2,1-2H3. The number of ether oxygens (including phenoxy) is 1. The van der Waals surface area contributed by atoms with E-state index in [1.165, 1.54) is 4.68 Å². The van der Waals surface area contributed by atoms with Crippen molar-refractivity contribution >= 4 is 17.5 Å². The first-order valence-electron chi connectivity index (χ1n) is 7.67. The zero-order valence-corrected chi connectivity index (χ0v) is 14.7. The molecule has 2 heterocycles. The third kappa shape index (κ3) is 3.83. The molecule has 0 aliphatic carbocycles. The second-order valence-electron chi connectivity index (χ2n) is 5.53. The van der Waals surface area contributed by atoms with E-state index in [-0.39, 0.29) is 12.6 Å². The van der Waals surface area contributed by atoms with E-state index in [9.17, 15) is 4.79 Å². The van der Waals surface area contributed by atoms with Crippen LogP contribution in [0.15, 0.2) is 48.8 Å². The van der Waals surface area contributed by atoms with Crippen LogP contribution in [0.5, 0.6) is 5.75 Å². The molecule has 0 N–H and O–H groups in total. The van der Waals surface area contributed by atoms with Crippen molar-refractivity contribution in [2.75, 3.05) is 7.05 Å². The molecule has 8 heteroatoms. The molecule has 1 aromatic carbocycles. The van der Waals surface area contributed by atoms with Crippen molar-refractivity contribution in [3.05, 3.63) is 65.2 Å². The van der Waals surface area contributed by atoms with Crippen LogP contribution in [-0.2, 0) is 20.3 Å². The lowest BCUT2D eigenvalue weighted by atomic mass is 10.3. The van der Waals surface area contributed by atoms with Crippen LogP contribution in [0.4, 0.5) is 0 Å². The summed E-state index contributed by atoms with van der Waals surface area (Å²) in [4.78, 5) is 14.3. The first kappa shape index (κ1) is 17.0. The van der Waals surface area contributed by atoms with Crippen LogP contribution in [0.1, 0.15) is 16.2 Å². The molecule has 0 aliphatic heterocycles. The molecule has 0 atom stereocenters. The third-order valence-corrected chi connectivity index (χ3v) is 4.10. The highest BCUT2D eigenvalue weighted by Gasteiger charge is 2.18. The van der Waals surface area contributed by atoms with E-state index in [1.54, 1.807) is 47.2 Å². The Morgan fingerprint density at radius 3 is 2.68 bits per heavy atom. The van der Waals surface area contributed by atoms with Crippen LogP contribution in [0, 0.1) is 0 Å². The van der Waals surface area contributed by atoms with Crippen LogP contribution < -0.4 is 4.74 Å². The molecule has 3 rings (SSSR count). The summed E-state index contributed by atoms with van der Waals surface area (Å²) in [6, 6.07) is 10.7. The highest BCUT2D eigenvalue weighted by molar-refractivity contribution is 6.32. The van der Waals surface area contributed by atoms with E-state index in [2.05, 4.69) is 10.2 Å². The summed E-state index contributed by atoms with van der Waals surface area (Å²) in [6.45, 7) is 0.545. The number of amides is 1. The smallest absolute Gasteiger partial charge is 0.272 e. The predicted octanol–water partition coefficient (Wildman–Crippen LogP) is 2.58. The second-order valence-corrected chi connectivity index (χ2v) is 5.93. The molecule has 0 spiro atoms. The molecule has 0 bridgehead atoms. The normalized spacial score (nSPS) is 10.7. The molecule has 0 aliphatic rings. The van der Waals surface area contributed by atoms with E-state index in [1.807, 2.05) is 25.2 Å². The first-order valence-corrected chi connectivity index (χ1v) is 8.05. The van der Waals surface area contributed by atoms with Crippen LogP contribution >= 0.6 is 11.6 Å². The molecular formula is C17H18ClN5O2. The summed E-state index contributed by atoms with van der Waals surface area (Å²) in [6.07, 6.45) is 3.27. The van der Waals surface area contributed by atoms with Crippen molar-refractivity contribution < 1.29 is 9.53 Å². The summed E-state index contributed by atoms with van der Waals surface area (Å²) < 4.78 is 8.90. The summed E-state index contributed by atoms with van der Waals surface area (Å²) in [5.74, 6) is 0.391. The average Bonchev–Trinajstić information content (AvgIpc) is 3.23. The highest BCUT2D eigenvalue weighted by Crippen LogP contribution is 2.23. The summed E-state index contributed by atoms with van der Waals surface area (Å²) in [5.41, 5.74) is 1.38. The van der Waals surface area contributed by atoms with Crippen molar-refractivity contribution in [2.24, 2.45) is 7.05 Å². The Kier molecular flexibility index (Phi) is 5.04. The van der Waals surface area contributed by atoms with Gasteiger partial charge in [0.05, 0.1) is 17.3 Å². The van der Waals surface area contributed by atoms with E-state index in [0.29, 0.717) is 23.0 Å². The Hall–Kier alpha value is -2.80. The Balaban J connectivity index is 1.69. The number of hydrogen-bond acceptors (Lipinski definition) is 4. The molecule has 0 radical (unpaired) electrons. The van der Waals surface area contributed by atoms with Gasteiger partial charge in [-0.05, 0) is 24.3 Å². The van der Waals surface area contributed by atoms with Gasteiger partial charge in [-0.3, -0.25) is 9.48 Å². The highest BCUT2D eigenvalue weighted by atomic mass is 35.5. The zero-order valence-electron chi connectivity index (χ0n) is 14.0. The number of halogens is 1. The molecule has 0 saturated carbocycles. The largest absolute Gasteiger partial charge is 0.470 e. The van der Waals surface area contributed by atoms with Gasteiger partial charge in [-0.2, -0.15) is 10.2 Å². The van der Waals surface area contributed by atoms with Gasteiger partial charge in [-0.15, -0.1) is 0 Å². The molecule has 3 aromatic rings. The maximum absolute atomic E-state index is 12.7. The fourth-order valence-corrected chi connectivity index (χ4v) is 2.57. The number of carbonyl (C=O) groups excluding carboxylic acids is 1. The number of rotatable bonds is 6. The number of hydrogen-bond donors (Lipinski definition) is 0. The maximum atomic E-state index is 12.7. The van der Waals surface area contributed by atoms with Crippen molar-refractivity contribution in [1.29, 1.82) is 0 Å². The molecule has 25 heavy (non-hydrogen) atoms. The minimum atomic E-state index is -0.151. The van der Waals surface area contributed by atoms with Crippen LogP contribution in [0.2, 0.25) is 5.02 Å². The summed E-state index contributed by atoms with van der Waals surface area (Å²) in [5, 5.41) is 8.78. The Morgan fingerprint density at radius 2 is 1.96 bits per heavy atom. The van der Waals surface area contributed by atoms with Crippen molar-refractivity contribution in [1.82, 2.24) is 24.5 Å². The van der Waals surface area contributed by atoms with Crippen molar-refractivity contribution in [3.63, 3.8) is 0 Å². The lowest BCUT2D eigenvalue weighted by molar-refractivity contribution is 0.0759. The van der Waals surface area contributed by atoms with Crippen LogP contribution in [-0.4, -0.2) is 37.4 Å². The quantitative estimate of drug-likeness (QED) is 0.678. The Labute approximate surface area is 150 Å². The van der Waals surface area contributed by atoms with Gasteiger partial charge in [0.15, 0.2) is 6.73 Å². The molecule has 130 valence electrons. The predicted molar refractivity (Wildman–Crippen MR) is 93.3 cm³/mol. The topological polar surface area (TPSA) is 65.2 Å². The third-order valence-electron chi connectivity index (χ3n) is 3.78. The fourth-order valence-electron chi connectivity index (χ4n) is 2.38. The molecule has 0 saturated heterocycles. The SMILES string of the molecule is CN(Cc1ccnn1C)C(=O)c1ccnn1COc1ccccc1Cl. The van der Waals surface area contributed by atoms with Crippen LogP contribution in [0.25, 0.3) is 0 Å². The summed E-state index contributed by atoms with van der Waals surface area (Å²) >= 11 is 6.07. The van der Waals surface area contributed by atoms with Gasteiger partial charge >= 0.3 is 0 Å². The summed E-state index contributed by atoms with van der Waals surface area (Å²) in [7, 11) is 3.58. The molecule has 7 nitrogen and oxygen atoms in total. The van der Waals surface area contributed by atoms with Gasteiger partial charge in [0.2, 0.25) is 0 Å². The fraction of sp³-hybridized carbons (Fsp3) is 0.235. The number of para-hydroxylation sites is 1. The lowest BCUT2D eigenvalue weighted by Crippen LogP contribution is -2.29. The molecular weight excluding hydrogens is 342 g/mol. The molecule has 0 fully saturated rings. The number of aromatic nitrogens is 4. The molecule has 2 aromatic heterocycles. The number of carbonyl (C=O) groups is 1. The maximum Gasteiger partial charge on any atom is 0.272 e. The van der Waals surface area contributed by atoms with Gasteiger partial charge in [-0.1, -0.05) is 23.7 Å². The van der Waals surface area contributed by atoms with Gasteiger partial charge in [0.25, 0.3) is 5.91 Å². The average molecular weight is 360 g/mol.